The van der Waals surface area contributed by atoms with E-state index in [-0.39, 0.29) is 30.7 Å². The van der Waals surface area contributed by atoms with Crippen molar-refractivity contribution in [2.24, 2.45) is 11.7 Å². The molecule has 0 saturated heterocycles. The van der Waals surface area contributed by atoms with Crippen LogP contribution >= 0.6 is 0 Å². The summed E-state index contributed by atoms with van der Waals surface area (Å²) in [5.74, 6) is -1.52. The number of rotatable bonds is 10. The molecule has 1 saturated carbocycles. The molecule has 0 aromatic carbocycles. The summed E-state index contributed by atoms with van der Waals surface area (Å²) in [6.45, 7) is 0.332. The zero-order valence-corrected chi connectivity index (χ0v) is 18.6. The average Bonchev–Trinajstić information content (AvgIpc) is 3.30. The van der Waals surface area contributed by atoms with Crippen molar-refractivity contribution >= 4 is 29.3 Å². The minimum atomic E-state index is -1.03. The molecule has 1 aliphatic carbocycles. The Morgan fingerprint density at radius 3 is 2.67 bits per heavy atom. The molecule has 33 heavy (non-hydrogen) atoms. The van der Waals surface area contributed by atoms with Crippen LogP contribution in [0, 0.1) is 11.3 Å². The maximum atomic E-state index is 13.3. The second-order valence-electron chi connectivity index (χ2n) is 8.49. The number of nitrogens with two attached hydrogens (primary N) is 1. The number of carbonyl (C=O) groups is 3. The summed E-state index contributed by atoms with van der Waals surface area (Å²) in [4.78, 5) is 41.3. The van der Waals surface area contributed by atoms with Crippen molar-refractivity contribution in [2.75, 3.05) is 13.1 Å². The molecule has 1 aromatic heterocycles. The molecule has 0 radical (unpaired) electrons. The fourth-order valence-electron chi connectivity index (χ4n) is 4.29. The standard InChI is InChI=1S/C22H31N7O4/c23-20(24)16-7-6-15(11-25-16)12-27-21(32)18-8-9-28-29(18)22(33)17(26-13-19(30)31)10-14-4-2-1-3-5-14/h6-7,11,14,17,26H,1-5,8-10,12-13H2,(H5-,23,24,27,28,30,31,32)/p+1/t17-/m1/s1. The Morgan fingerprint density at radius 2 is 2.03 bits per heavy atom. The van der Waals surface area contributed by atoms with Crippen LogP contribution < -0.4 is 21.8 Å². The van der Waals surface area contributed by atoms with E-state index in [0.717, 1.165) is 31.2 Å². The molecule has 0 unspecified atom stereocenters. The molecule has 2 aliphatic rings. The van der Waals surface area contributed by atoms with Crippen molar-refractivity contribution in [3.05, 3.63) is 29.6 Å². The topological polar surface area (TPSA) is 173 Å². The fourth-order valence-corrected chi connectivity index (χ4v) is 4.29. The van der Waals surface area contributed by atoms with Crippen molar-refractivity contribution < 1.29 is 24.2 Å². The van der Waals surface area contributed by atoms with Crippen molar-refractivity contribution in [1.82, 2.24) is 21.0 Å². The van der Waals surface area contributed by atoms with Gasteiger partial charge in [-0.3, -0.25) is 25.3 Å². The summed E-state index contributed by atoms with van der Waals surface area (Å²) >= 11 is 0. The number of aliphatic carboxylic acids is 1. The second kappa shape index (κ2) is 11.5. The zero-order valence-electron chi connectivity index (χ0n) is 18.6. The lowest BCUT2D eigenvalue weighted by Crippen LogP contribution is -2.50. The number of nitrogen functional groups attached to an aromatic ring is 1. The molecule has 178 valence electrons. The number of aromatic nitrogens is 1. The van der Waals surface area contributed by atoms with Crippen LogP contribution in [-0.2, 0) is 20.9 Å². The first-order chi connectivity index (χ1) is 15.8. The average molecular weight is 459 g/mol. The van der Waals surface area contributed by atoms with Crippen LogP contribution in [0.1, 0.15) is 56.2 Å². The molecule has 11 nitrogen and oxygen atoms in total. The van der Waals surface area contributed by atoms with Crippen LogP contribution in [0.3, 0.4) is 0 Å². The molecule has 11 heteroatoms. The van der Waals surface area contributed by atoms with Crippen molar-refractivity contribution in [2.45, 2.75) is 57.5 Å². The second-order valence-corrected chi connectivity index (χ2v) is 8.49. The minimum absolute atomic E-state index is 0.133. The Hall–Kier alpha value is -3.34. The van der Waals surface area contributed by atoms with E-state index in [1.54, 1.807) is 12.1 Å². The van der Waals surface area contributed by atoms with Gasteiger partial charge in [-0.15, -0.1) is 0 Å². The van der Waals surface area contributed by atoms with Gasteiger partial charge in [0, 0.05) is 12.7 Å². The molecule has 0 spiro atoms. The highest BCUT2D eigenvalue weighted by atomic mass is 16.4. The van der Waals surface area contributed by atoms with Crippen molar-refractivity contribution in [3.8, 4) is 0 Å². The van der Waals surface area contributed by atoms with Gasteiger partial charge in [0.05, 0.1) is 19.5 Å². The smallest absolute Gasteiger partial charge is 0.432 e. The number of hydrazine groups is 1. The van der Waals surface area contributed by atoms with Gasteiger partial charge in [-0.05, 0) is 28.7 Å². The number of carbonyl (C=O) groups excluding carboxylic acids is 2. The van der Waals surface area contributed by atoms with Crippen LogP contribution in [0.5, 0.6) is 0 Å². The van der Waals surface area contributed by atoms with E-state index in [0.29, 0.717) is 36.7 Å². The summed E-state index contributed by atoms with van der Waals surface area (Å²) in [5, 5.41) is 22.1. The van der Waals surface area contributed by atoms with Gasteiger partial charge in [-0.25, -0.2) is 4.79 Å². The number of hydrogen-bond donors (Lipinski definition) is 6. The van der Waals surface area contributed by atoms with Crippen LogP contribution in [0.4, 0.5) is 0 Å². The zero-order chi connectivity index (χ0) is 23.8. The largest absolute Gasteiger partial charge is 0.480 e. The fraction of sp³-hybridized carbons (Fsp3) is 0.545. The van der Waals surface area contributed by atoms with Crippen LogP contribution in [-0.4, -0.2) is 63.2 Å². The molecule has 1 fully saturated rings. The van der Waals surface area contributed by atoms with Gasteiger partial charge in [0.2, 0.25) is 0 Å². The predicted octanol–water partition coefficient (Wildman–Crippen LogP) is -0.117. The highest BCUT2D eigenvalue weighted by Gasteiger charge is 2.40. The number of pyridine rings is 1. The van der Waals surface area contributed by atoms with Gasteiger partial charge in [0.15, 0.2) is 0 Å². The first kappa shape index (κ1) is 24.3. The first-order valence-corrected chi connectivity index (χ1v) is 11.3. The van der Waals surface area contributed by atoms with Gasteiger partial charge in [0.25, 0.3) is 5.71 Å². The molecular formula is C22H32N7O4+. The summed E-state index contributed by atoms with van der Waals surface area (Å²) in [6.07, 6.45) is 7.95. The van der Waals surface area contributed by atoms with Gasteiger partial charge < -0.3 is 16.2 Å². The normalized spacial score (nSPS) is 17.3. The third-order valence-corrected chi connectivity index (χ3v) is 6.03. The lowest BCUT2D eigenvalue weighted by molar-refractivity contribution is -0.501. The van der Waals surface area contributed by atoms with Crippen LogP contribution in [0.25, 0.3) is 0 Å². The molecular weight excluding hydrogens is 426 g/mol. The summed E-state index contributed by atoms with van der Waals surface area (Å²) < 4.78 is 1.27. The Balaban J connectivity index is 1.68. The maximum absolute atomic E-state index is 13.3. The van der Waals surface area contributed by atoms with E-state index in [9.17, 15) is 14.4 Å². The monoisotopic (exact) mass is 458 g/mol. The molecule has 1 atom stereocenters. The Bertz CT molecular complexity index is 923. The summed E-state index contributed by atoms with van der Waals surface area (Å²) in [7, 11) is 0. The van der Waals surface area contributed by atoms with Crippen molar-refractivity contribution in [1.29, 1.82) is 5.41 Å². The van der Waals surface area contributed by atoms with Gasteiger partial charge in [-0.2, -0.15) is 5.43 Å². The number of nitrogens with zero attached hydrogens (tertiary/aromatic N) is 2. The minimum Gasteiger partial charge on any atom is -0.480 e. The number of hydrazone groups is 1. The Labute approximate surface area is 192 Å². The summed E-state index contributed by atoms with van der Waals surface area (Å²) in [5.41, 5.74) is 9.75. The first-order valence-electron chi connectivity index (χ1n) is 11.3. The van der Waals surface area contributed by atoms with E-state index in [1.807, 2.05) is 0 Å². The van der Waals surface area contributed by atoms with E-state index >= 15 is 0 Å². The molecule has 2 amide bonds. The van der Waals surface area contributed by atoms with E-state index in [4.69, 9.17) is 16.2 Å². The molecule has 2 heterocycles. The van der Waals surface area contributed by atoms with E-state index in [2.05, 4.69) is 21.0 Å². The third-order valence-electron chi connectivity index (χ3n) is 6.03. The van der Waals surface area contributed by atoms with Gasteiger partial charge in [0.1, 0.15) is 17.6 Å². The van der Waals surface area contributed by atoms with Gasteiger partial charge in [-0.1, -0.05) is 38.2 Å². The highest BCUT2D eigenvalue weighted by molar-refractivity contribution is 6.37. The number of amides is 2. The van der Waals surface area contributed by atoms with Crippen molar-refractivity contribution in [3.63, 3.8) is 0 Å². The van der Waals surface area contributed by atoms with Crippen LogP contribution in [0.15, 0.2) is 18.3 Å². The number of amidine groups is 1. The SMILES string of the molecule is N=C(N)c1ccc(CNC(=O)C2=[N+](C(=O)[C@@H](CC3CCCCC3)NCC(=O)O)NCC2)cn1. The van der Waals surface area contributed by atoms with Gasteiger partial charge >= 0.3 is 17.8 Å². The molecule has 1 aliphatic heterocycles. The number of carboxylic acids is 1. The number of hydrogen-bond acceptors (Lipinski definition) is 7. The predicted molar refractivity (Wildman–Crippen MR) is 121 cm³/mol. The maximum Gasteiger partial charge on any atom is 0.432 e. The lowest BCUT2D eigenvalue weighted by atomic mass is 9.84. The van der Waals surface area contributed by atoms with Crippen LogP contribution in [0.2, 0.25) is 0 Å². The molecule has 0 bridgehead atoms. The molecule has 7 N–H and O–H groups in total. The Morgan fingerprint density at radius 1 is 1.27 bits per heavy atom. The molecule has 3 rings (SSSR count). The highest BCUT2D eigenvalue weighted by Crippen LogP contribution is 2.27. The quantitative estimate of drug-likeness (QED) is 0.160. The van der Waals surface area contributed by atoms with E-state index < -0.39 is 12.0 Å². The number of nitrogens with one attached hydrogen (secondary N) is 4. The molecule has 1 aromatic rings. The summed E-state index contributed by atoms with van der Waals surface area (Å²) in [6, 6.07) is 2.65. The lowest BCUT2D eigenvalue weighted by Gasteiger charge is -2.24. The number of carboxylic acid groups (broad SMARTS) is 1. The Kier molecular flexibility index (Phi) is 8.47. The van der Waals surface area contributed by atoms with E-state index in [1.165, 1.54) is 17.3 Å². The third kappa shape index (κ3) is 6.82.